The van der Waals surface area contributed by atoms with Crippen molar-refractivity contribution in [1.82, 2.24) is 5.06 Å². The van der Waals surface area contributed by atoms with Gasteiger partial charge in [0.2, 0.25) is 0 Å². The number of unbranched alkanes of at least 4 members (excludes halogenated alkanes) is 1. The number of fused-ring (bicyclic) bond motifs is 2. The van der Waals surface area contributed by atoms with Gasteiger partial charge < -0.3 is 0 Å². The second-order valence-electron chi connectivity index (χ2n) is 11.9. The topological polar surface area (TPSA) is 97.8 Å². The van der Waals surface area contributed by atoms with Crippen molar-refractivity contribution in [2.24, 2.45) is 22.7 Å². The number of nitrogens with zero attached hydrogens (tertiary/aromatic N) is 1. The van der Waals surface area contributed by atoms with Gasteiger partial charge in [-0.25, -0.2) is 0 Å². The maximum atomic E-state index is 13.6. The molecule has 2 unspecified atom stereocenters. The molecule has 0 radical (unpaired) electrons. The first-order valence-electron chi connectivity index (χ1n) is 14.0. The number of hydroxylamine groups is 2. The summed E-state index contributed by atoms with van der Waals surface area (Å²) in [5.41, 5.74) is -1.08. The molecule has 210 valence electrons. The van der Waals surface area contributed by atoms with E-state index < -0.39 is 38.5 Å². The summed E-state index contributed by atoms with van der Waals surface area (Å²) in [5, 5.41) is 1.65. The zero-order chi connectivity index (χ0) is 28.2. The minimum Gasteiger partial charge on any atom is -0.299 e. The molecule has 7 nitrogen and oxygen atoms in total. The summed E-state index contributed by atoms with van der Waals surface area (Å²) in [4.78, 5) is 40.8. The monoisotopic (exact) mass is 571 g/mol. The van der Waals surface area contributed by atoms with Crippen molar-refractivity contribution in [3.63, 3.8) is 0 Å². The summed E-state index contributed by atoms with van der Waals surface area (Å²) in [6.07, 6.45) is 6.16. The molecule has 0 N–H and O–H groups in total. The highest BCUT2D eigenvalue weighted by Gasteiger charge is 2.65. The summed E-state index contributed by atoms with van der Waals surface area (Å²) in [5.74, 6) is -0.620. The third kappa shape index (κ3) is 4.74. The van der Waals surface area contributed by atoms with Gasteiger partial charge in [-0.15, -0.1) is 21.1 Å². The Bertz CT molecular complexity index is 1450. The van der Waals surface area contributed by atoms with Crippen LogP contribution < -0.4 is 0 Å². The number of carbonyl (C=O) groups is 3. The van der Waals surface area contributed by atoms with E-state index in [4.69, 9.17) is 4.28 Å². The van der Waals surface area contributed by atoms with Crippen molar-refractivity contribution >= 4 is 50.3 Å². The van der Waals surface area contributed by atoms with E-state index in [-0.39, 0.29) is 22.8 Å². The fraction of sp³-hybridized carbons (Fsp3) is 0.567. The molecule has 1 heterocycles. The zero-order valence-corrected chi connectivity index (χ0v) is 24.8. The van der Waals surface area contributed by atoms with Crippen molar-refractivity contribution in [2.45, 2.75) is 77.5 Å². The summed E-state index contributed by atoms with van der Waals surface area (Å²) in [6.45, 7) is 8.24. The molecular formula is C30H37NO6S2. The second kappa shape index (κ2) is 10.3. The lowest BCUT2D eigenvalue weighted by Crippen LogP contribution is -2.46. The molecule has 0 aromatic heterocycles. The molecule has 2 fully saturated rings. The summed E-state index contributed by atoms with van der Waals surface area (Å²) >= 11 is 1.67. The first-order chi connectivity index (χ1) is 18.4. The van der Waals surface area contributed by atoms with Gasteiger partial charge in [0.1, 0.15) is 5.78 Å². The molecular weight excluding hydrogens is 534 g/mol. The number of carbonyl (C=O) groups excluding carboxylic acids is 3. The van der Waals surface area contributed by atoms with Crippen molar-refractivity contribution in [2.75, 3.05) is 11.5 Å². The quantitative estimate of drug-likeness (QED) is 0.227. The van der Waals surface area contributed by atoms with Gasteiger partial charge in [0.25, 0.3) is 21.9 Å². The lowest BCUT2D eigenvalue weighted by atomic mass is 9.70. The minimum atomic E-state index is -4.44. The molecule has 3 aliphatic rings. The number of hydrogen-bond acceptors (Lipinski definition) is 7. The molecule has 9 heteroatoms. The van der Waals surface area contributed by atoms with Crippen LogP contribution in [0.4, 0.5) is 0 Å². The third-order valence-corrected chi connectivity index (χ3v) is 12.0. The maximum Gasteiger partial charge on any atom is 0.289 e. The molecule has 0 spiro atoms. The Morgan fingerprint density at radius 3 is 2.49 bits per heavy atom. The van der Waals surface area contributed by atoms with E-state index in [0.29, 0.717) is 29.2 Å². The van der Waals surface area contributed by atoms with Crippen LogP contribution in [0.3, 0.4) is 0 Å². The van der Waals surface area contributed by atoms with Crippen LogP contribution in [0.1, 0.15) is 93.4 Å². The van der Waals surface area contributed by atoms with E-state index >= 15 is 0 Å². The normalized spacial score (nSPS) is 24.7. The average Bonchev–Trinajstić information content (AvgIpc) is 3.23. The highest BCUT2D eigenvalue weighted by molar-refractivity contribution is 7.99. The Hall–Kier alpha value is -2.23. The highest BCUT2D eigenvalue weighted by Crippen LogP contribution is 2.64. The molecule has 2 saturated carbocycles. The van der Waals surface area contributed by atoms with Crippen molar-refractivity contribution in [3.8, 4) is 0 Å². The lowest BCUT2D eigenvalue weighted by molar-refractivity contribution is -0.128. The third-order valence-electron chi connectivity index (χ3n) is 9.56. The standard InChI is InChI=1S/C30H37NO6S2/c1-5-7-9-19(6-2)17-38-22-14-20-10-8-11-23-26(20)24(16-22)28(34)31(27(23)33)37-39(35,36)18-30-13-12-21(15-25(30)32)29(30,3)4/h8,10-11,14,16,19,21H,5-7,9,12-13,15,17-18H2,1-4H3/t19?,21-,30?/m1/s1. The number of rotatable bonds is 11. The number of amides is 2. The van der Waals surface area contributed by atoms with E-state index in [2.05, 4.69) is 13.8 Å². The van der Waals surface area contributed by atoms with Crippen LogP contribution in [0, 0.1) is 22.7 Å². The Kier molecular flexibility index (Phi) is 7.48. The minimum absolute atomic E-state index is 0.0756. The molecule has 1 aliphatic heterocycles. The zero-order valence-electron chi connectivity index (χ0n) is 23.1. The molecule has 2 aromatic carbocycles. The summed E-state index contributed by atoms with van der Waals surface area (Å²) in [6, 6.07) is 8.89. The second-order valence-corrected chi connectivity index (χ2v) is 14.6. The largest absolute Gasteiger partial charge is 0.299 e. The molecule has 2 bridgehead atoms. The van der Waals surface area contributed by atoms with E-state index in [1.807, 2.05) is 26.0 Å². The SMILES string of the molecule is CCCCC(CC)CSc1cc2c3c(cccc3c1)C(=O)N(OS(=O)(=O)CC13CC[C@H](CC1=O)C3(C)C)C2=O. The van der Waals surface area contributed by atoms with Crippen molar-refractivity contribution < 1.29 is 27.1 Å². The number of benzene rings is 2. The Morgan fingerprint density at radius 2 is 1.85 bits per heavy atom. The summed E-state index contributed by atoms with van der Waals surface area (Å²) < 4.78 is 32.0. The molecule has 2 amide bonds. The number of hydrogen-bond donors (Lipinski definition) is 0. The van der Waals surface area contributed by atoms with E-state index in [0.717, 1.165) is 41.7 Å². The van der Waals surface area contributed by atoms with Crippen LogP contribution in [0.25, 0.3) is 10.8 Å². The predicted molar refractivity (Wildman–Crippen MR) is 152 cm³/mol. The Balaban J connectivity index is 1.42. The molecule has 3 atom stereocenters. The number of Topliss-reactive ketones (excluding diaryl/α,β-unsaturated/α-hetero) is 1. The Labute approximate surface area is 235 Å². The lowest BCUT2D eigenvalue weighted by Gasteiger charge is -2.36. The van der Waals surface area contributed by atoms with Crippen LogP contribution in [0.15, 0.2) is 35.2 Å². The predicted octanol–water partition coefficient (Wildman–Crippen LogP) is 6.40. The van der Waals surface area contributed by atoms with E-state index in [1.54, 1.807) is 30.0 Å². The van der Waals surface area contributed by atoms with Crippen LogP contribution >= 0.6 is 11.8 Å². The van der Waals surface area contributed by atoms with Gasteiger partial charge in [-0.05, 0) is 60.1 Å². The van der Waals surface area contributed by atoms with Crippen LogP contribution in [-0.4, -0.2) is 42.6 Å². The smallest absolute Gasteiger partial charge is 0.289 e. The van der Waals surface area contributed by atoms with Crippen LogP contribution in [-0.2, 0) is 19.2 Å². The first kappa shape index (κ1) is 28.3. The maximum absolute atomic E-state index is 13.6. The average molecular weight is 572 g/mol. The van der Waals surface area contributed by atoms with Crippen molar-refractivity contribution in [1.29, 1.82) is 0 Å². The summed E-state index contributed by atoms with van der Waals surface area (Å²) in [7, 11) is -4.44. The van der Waals surface area contributed by atoms with Crippen LogP contribution in [0.2, 0.25) is 0 Å². The van der Waals surface area contributed by atoms with Gasteiger partial charge in [0.15, 0.2) is 0 Å². The highest BCUT2D eigenvalue weighted by atomic mass is 32.2. The fourth-order valence-electron chi connectivity index (χ4n) is 6.87. The molecule has 0 saturated heterocycles. The fourth-order valence-corrected chi connectivity index (χ4v) is 9.81. The van der Waals surface area contributed by atoms with Gasteiger partial charge >= 0.3 is 0 Å². The molecule has 39 heavy (non-hydrogen) atoms. The Morgan fingerprint density at radius 1 is 1.10 bits per heavy atom. The van der Waals surface area contributed by atoms with E-state index in [9.17, 15) is 22.8 Å². The number of thioether (sulfide) groups is 1. The van der Waals surface area contributed by atoms with E-state index in [1.165, 1.54) is 6.42 Å². The number of ketones is 1. The molecule has 5 rings (SSSR count). The molecule has 2 aliphatic carbocycles. The van der Waals surface area contributed by atoms with Crippen LogP contribution in [0.5, 0.6) is 0 Å². The van der Waals surface area contributed by atoms with Gasteiger partial charge in [-0.1, -0.05) is 59.1 Å². The van der Waals surface area contributed by atoms with Gasteiger partial charge in [0.05, 0.1) is 22.3 Å². The molecule has 2 aromatic rings. The number of imide groups is 1. The van der Waals surface area contributed by atoms with Gasteiger partial charge in [0, 0.05) is 22.5 Å². The van der Waals surface area contributed by atoms with Crippen molar-refractivity contribution in [3.05, 3.63) is 41.5 Å². The van der Waals surface area contributed by atoms with Gasteiger partial charge in [-0.2, -0.15) is 8.42 Å². The van der Waals surface area contributed by atoms with Gasteiger partial charge in [-0.3, -0.25) is 14.4 Å². The first-order valence-corrected chi connectivity index (χ1v) is 16.5.